The first kappa shape index (κ1) is 13.6. The number of benzene rings is 1. The zero-order valence-corrected chi connectivity index (χ0v) is 11.4. The number of nitrogens with two attached hydrogens (primary N) is 1. The van der Waals surface area contributed by atoms with E-state index in [0.717, 1.165) is 10.0 Å². The fraction of sp³-hybridized carbons (Fsp3) is 0.400. The summed E-state index contributed by atoms with van der Waals surface area (Å²) < 4.78 is 22.5. The second-order valence-corrected chi connectivity index (χ2v) is 6.15. The molecule has 1 atom stereocenters. The molecule has 90 valence electrons. The third-order valence-corrected chi connectivity index (χ3v) is 3.70. The van der Waals surface area contributed by atoms with Crippen LogP contribution in [0.3, 0.4) is 0 Å². The number of primary sulfonamides is 1. The Hall–Kier alpha value is -0.430. The van der Waals surface area contributed by atoms with Crippen molar-refractivity contribution in [2.45, 2.75) is 13.0 Å². The van der Waals surface area contributed by atoms with E-state index in [1.165, 1.54) is 0 Å². The van der Waals surface area contributed by atoms with Crippen LogP contribution in [0, 0.1) is 0 Å². The van der Waals surface area contributed by atoms with Gasteiger partial charge in [0.1, 0.15) is 0 Å². The SMILES string of the molecule is CC(NCCS(N)(=O)=O)c1ccccc1Br. The van der Waals surface area contributed by atoms with Crippen LogP contribution in [-0.4, -0.2) is 20.7 Å². The number of hydrogen-bond acceptors (Lipinski definition) is 3. The maximum atomic E-state index is 10.7. The quantitative estimate of drug-likeness (QED) is 0.863. The second-order valence-electron chi connectivity index (χ2n) is 3.56. The molecule has 1 rings (SSSR count). The summed E-state index contributed by atoms with van der Waals surface area (Å²) in [5, 5.41) is 8.02. The molecule has 1 unspecified atom stereocenters. The van der Waals surface area contributed by atoms with Gasteiger partial charge in [-0.1, -0.05) is 34.1 Å². The van der Waals surface area contributed by atoms with Gasteiger partial charge in [-0.2, -0.15) is 0 Å². The number of nitrogens with one attached hydrogen (secondary N) is 1. The van der Waals surface area contributed by atoms with E-state index in [2.05, 4.69) is 21.2 Å². The van der Waals surface area contributed by atoms with E-state index in [-0.39, 0.29) is 11.8 Å². The first-order chi connectivity index (χ1) is 7.40. The Balaban J connectivity index is 2.54. The van der Waals surface area contributed by atoms with Gasteiger partial charge >= 0.3 is 0 Å². The van der Waals surface area contributed by atoms with Crippen LogP contribution in [0.4, 0.5) is 0 Å². The first-order valence-electron chi connectivity index (χ1n) is 4.88. The Kier molecular flexibility index (Phi) is 4.91. The molecule has 0 saturated carbocycles. The van der Waals surface area contributed by atoms with Crippen molar-refractivity contribution in [3.63, 3.8) is 0 Å². The molecule has 0 aliphatic heterocycles. The lowest BCUT2D eigenvalue weighted by atomic mass is 10.1. The van der Waals surface area contributed by atoms with Crippen LogP contribution in [0.5, 0.6) is 0 Å². The van der Waals surface area contributed by atoms with Gasteiger partial charge in [0.2, 0.25) is 10.0 Å². The smallest absolute Gasteiger partial charge is 0.210 e. The minimum atomic E-state index is -3.39. The molecular weight excluding hydrogens is 292 g/mol. The van der Waals surface area contributed by atoms with Crippen molar-refractivity contribution >= 4 is 26.0 Å². The van der Waals surface area contributed by atoms with Crippen LogP contribution in [0.2, 0.25) is 0 Å². The third-order valence-electron chi connectivity index (χ3n) is 2.21. The number of halogens is 1. The number of sulfonamides is 1. The molecule has 0 fully saturated rings. The van der Waals surface area contributed by atoms with Gasteiger partial charge in [-0.25, -0.2) is 13.6 Å². The molecule has 0 heterocycles. The van der Waals surface area contributed by atoms with Crippen LogP contribution in [0.15, 0.2) is 28.7 Å². The topological polar surface area (TPSA) is 72.2 Å². The van der Waals surface area contributed by atoms with Crippen LogP contribution in [0.1, 0.15) is 18.5 Å². The maximum absolute atomic E-state index is 10.7. The fourth-order valence-electron chi connectivity index (χ4n) is 1.35. The standard InChI is InChI=1S/C10H15BrN2O2S/c1-8(13-6-7-16(12,14)15)9-4-2-3-5-10(9)11/h2-5,8,13H,6-7H2,1H3,(H2,12,14,15). The molecule has 0 amide bonds. The fourth-order valence-corrected chi connectivity index (χ4v) is 2.38. The molecule has 0 aliphatic carbocycles. The van der Waals surface area contributed by atoms with Gasteiger partial charge in [0.05, 0.1) is 5.75 Å². The summed E-state index contributed by atoms with van der Waals surface area (Å²) >= 11 is 3.45. The molecule has 0 spiro atoms. The Morgan fingerprint density at radius 3 is 2.62 bits per heavy atom. The van der Waals surface area contributed by atoms with Crippen molar-refractivity contribution < 1.29 is 8.42 Å². The van der Waals surface area contributed by atoms with Crippen molar-refractivity contribution in [3.8, 4) is 0 Å². The van der Waals surface area contributed by atoms with Crippen LogP contribution >= 0.6 is 15.9 Å². The predicted octanol–water partition coefficient (Wildman–Crippen LogP) is 1.39. The van der Waals surface area contributed by atoms with E-state index in [9.17, 15) is 8.42 Å². The van der Waals surface area contributed by atoms with Gasteiger partial charge < -0.3 is 5.32 Å². The van der Waals surface area contributed by atoms with E-state index >= 15 is 0 Å². The lowest BCUT2D eigenvalue weighted by molar-refractivity contribution is 0.572. The molecular formula is C10H15BrN2O2S. The van der Waals surface area contributed by atoms with Crippen LogP contribution < -0.4 is 10.5 Å². The lowest BCUT2D eigenvalue weighted by Gasteiger charge is -2.15. The van der Waals surface area contributed by atoms with Gasteiger partial charge in [-0.3, -0.25) is 0 Å². The number of rotatable bonds is 5. The van der Waals surface area contributed by atoms with E-state index in [1.807, 2.05) is 31.2 Å². The highest BCUT2D eigenvalue weighted by Crippen LogP contribution is 2.22. The Labute approximate surface area is 104 Å². The maximum Gasteiger partial charge on any atom is 0.210 e. The minimum absolute atomic E-state index is 0.0538. The molecule has 0 aromatic heterocycles. The van der Waals surface area contributed by atoms with Crippen molar-refractivity contribution in [2.75, 3.05) is 12.3 Å². The Morgan fingerprint density at radius 1 is 1.44 bits per heavy atom. The molecule has 1 aromatic carbocycles. The van der Waals surface area contributed by atoms with Gasteiger partial charge in [-0.15, -0.1) is 0 Å². The molecule has 0 radical (unpaired) electrons. The average molecular weight is 307 g/mol. The van der Waals surface area contributed by atoms with Crippen molar-refractivity contribution in [2.24, 2.45) is 5.14 Å². The average Bonchev–Trinajstić information content (AvgIpc) is 2.16. The van der Waals surface area contributed by atoms with Gasteiger partial charge in [0, 0.05) is 17.1 Å². The van der Waals surface area contributed by atoms with Gasteiger partial charge in [-0.05, 0) is 18.6 Å². The molecule has 4 nitrogen and oxygen atoms in total. The lowest BCUT2D eigenvalue weighted by Crippen LogP contribution is -2.29. The summed E-state index contributed by atoms with van der Waals surface area (Å²) in [5.41, 5.74) is 1.09. The molecule has 6 heteroatoms. The zero-order valence-electron chi connectivity index (χ0n) is 8.98. The molecule has 1 aromatic rings. The minimum Gasteiger partial charge on any atom is -0.309 e. The van der Waals surface area contributed by atoms with Crippen LogP contribution in [-0.2, 0) is 10.0 Å². The normalized spacial score (nSPS) is 13.7. The van der Waals surface area contributed by atoms with Crippen LogP contribution in [0.25, 0.3) is 0 Å². The Morgan fingerprint density at radius 2 is 2.06 bits per heavy atom. The van der Waals surface area contributed by atoms with E-state index in [0.29, 0.717) is 6.54 Å². The predicted molar refractivity (Wildman–Crippen MR) is 68.5 cm³/mol. The highest BCUT2D eigenvalue weighted by molar-refractivity contribution is 9.10. The van der Waals surface area contributed by atoms with Gasteiger partial charge in [0.25, 0.3) is 0 Å². The molecule has 0 saturated heterocycles. The van der Waals surface area contributed by atoms with Crippen molar-refractivity contribution in [3.05, 3.63) is 34.3 Å². The summed E-state index contributed by atoms with van der Waals surface area (Å²) in [6.07, 6.45) is 0. The van der Waals surface area contributed by atoms with Crippen molar-refractivity contribution in [1.82, 2.24) is 5.32 Å². The molecule has 3 N–H and O–H groups in total. The third kappa shape index (κ3) is 4.61. The molecule has 16 heavy (non-hydrogen) atoms. The van der Waals surface area contributed by atoms with E-state index in [4.69, 9.17) is 5.14 Å². The summed E-state index contributed by atoms with van der Waals surface area (Å²) in [6, 6.07) is 7.89. The highest BCUT2D eigenvalue weighted by Gasteiger charge is 2.09. The Bertz CT molecular complexity index is 448. The highest BCUT2D eigenvalue weighted by atomic mass is 79.9. The van der Waals surface area contributed by atoms with E-state index in [1.54, 1.807) is 0 Å². The summed E-state index contributed by atoms with van der Waals surface area (Å²) in [6.45, 7) is 2.32. The summed E-state index contributed by atoms with van der Waals surface area (Å²) in [5.74, 6) is -0.0538. The monoisotopic (exact) mass is 306 g/mol. The largest absolute Gasteiger partial charge is 0.309 e. The van der Waals surface area contributed by atoms with E-state index < -0.39 is 10.0 Å². The zero-order chi connectivity index (χ0) is 12.2. The number of hydrogen-bond donors (Lipinski definition) is 2. The summed E-state index contributed by atoms with van der Waals surface area (Å²) in [7, 11) is -3.39. The first-order valence-corrected chi connectivity index (χ1v) is 7.39. The second kappa shape index (κ2) is 5.77. The molecule has 0 aliphatic rings. The van der Waals surface area contributed by atoms with Gasteiger partial charge in [0.15, 0.2) is 0 Å². The summed E-state index contributed by atoms with van der Waals surface area (Å²) in [4.78, 5) is 0. The molecule has 0 bridgehead atoms. The van der Waals surface area contributed by atoms with Crippen molar-refractivity contribution in [1.29, 1.82) is 0 Å².